The van der Waals surface area contributed by atoms with Gasteiger partial charge in [-0.05, 0) is 33.1 Å². The molecule has 1 aliphatic rings. The second-order valence-corrected chi connectivity index (χ2v) is 5.29. The molecule has 1 N–H and O–H groups in total. The summed E-state index contributed by atoms with van der Waals surface area (Å²) in [5.41, 5.74) is 1.75. The fraction of sp³-hybridized carbons (Fsp3) is 0.769. The van der Waals surface area contributed by atoms with Gasteiger partial charge in [-0.25, -0.2) is 0 Å². The molecule has 0 radical (unpaired) electrons. The third-order valence-corrected chi connectivity index (χ3v) is 3.89. The molecule has 2 rings (SSSR count). The fourth-order valence-corrected chi connectivity index (χ4v) is 2.67. The summed E-state index contributed by atoms with van der Waals surface area (Å²) >= 11 is 0. The number of alkyl halides is 3. The summed E-state index contributed by atoms with van der Waals surface area (Å²) < 4.78 is 43.2. The van der Waals surface area contributed by atoms with E-state index < -0.39 is 12.1 Å². The first kappa shape index (κ1) is 14.4. The van der Waals surface area contributed by atoms with Crippen LogP contribution in [0.4, 0.5) is 13.2 Å². The van der Waals surface area contributed by atoms with E-state index in [1.807, 2.05) is 13.8 Å². The molecule has 1 heterocycles. The highest BCUT2D eigenvalue weighted by molar-refractivity contribution is 5.20. The molecule has 0 bridgehead atoms. The van der Waals surface area contributed by atoms with E-state index in [-0.39, 0.29) is 18.9 Å². The molecule has 0 aromatic carbocycles. The van der Waals surface area contributed by atoms with Crippen LogP contribution in [0.2, 0.25) is 0 Å². The first-order valence-corrected chi connectivity index (χ1v) is 6.59. The SMILES string of the molecule is Cc1noc(C)c1CNC1CCCC(C(F)(F)F)C1. The minimum Gasteiger partial charge on any atom is -0.361 e. The molecule has 2 unspecified atom stereocenters. The second-order valence-electron chi connectivity index (χ2n) is 5.29. The van der Waals surface area contributed by atoms with Crippen LogP contribution in [0.1, 0.15) is 42.7 Å². The van der Waals surface area contributed by atoms with Crippen LogP contribution in [0.25, 0.3) is 0 Å². The van der Waals surface area contributed by atoms with E-state index in [1.165, 1.54) is 0 Å². The minimum atomic E-state index is -4.07. The zero-order valence-corrected chi connectivity index (χ0v) is 11.2. The summed E-state index contributed by atoms with van der Waals surface area (Å²) in [5.74, 6) is -0.434. The number of halogens is 3. The number of nitrogens with one attached hydrogen (secondary N) is 1. The van der Waals surface area contributed by atoms with Crippen LogP contribution < -0.4 is 5.32 Å². The Morgan fingerprint density at radius 3 is 2.63 bits per heavy atom. The topological polar surface area (TPSA) is 38.1 Å². The molecular formula is C13H19F3N2O. The molecular weight excluding hydrogens is 257 g/mol. The lowest BCUT2D eigenvalue weighted by molar-refractivity contribution is -0.183. The maximum atomic E-state index is 12.7. The number of hydrogen-bond acceptors (Lipinski definition) is 3. The normalized spacial score (nSPS) is 24.7. The van der Waals surface area contributed by atoms with Crippen molar-refractivity contribution in [2.45, 2.75) is 58.3 Å². The summed E-state index contributed by atoms with van der Waals surface area (Å²) in [6, 6.07) is -0.0749. The maximum Gasteiger partial charge on any atom is 0.391 e. The van der Waals surface area contributed by atoms with E-state index in [0.29, 0.717) is 13.0 Å². The molecule has 19 heavy (non-hydrogen) atoms. The van der Waals surface area contributed by atoms with E-state index in [4.69, 9.17) is 4.52 Å². The van der Waals surface area contributed by atoms with E-state index in [9.17, 15) is 13.2 Å². The Morgan fingerprint density at radius 2 is 2.05 bits per heavy atom. The molecule has 1 fully saturated rings. The molecule has 0 spiro atoms. The van der Waals surface area contributed by atoms with Gasteiger partial charge in [-0.2, -0.15) is 13.2 Å². The second kappa shape index (κ2) is 5.53. The van der Waals surface area contributed by atoms with Crippen molar-refractivity contribution >= 4 is 0 Å². The third-order valence-electron chi connectivity index (χ3n) is 3.89. The number of rotatable bonds is 3. The Morgan fingerprint density at radius 1 is 1.32 bits per heavy atom. The molecule has 2 atom stereocenters. The van der Waals surface area contributed by atoms with Gasteiger partial charge >= 0.3 is 6.18 Å². The van der Waals surface area contributed by atoms with Crippen molar-refractivity contribution in [3.05, 3.63) is 17.0 Å². The van der Waals surface area contributed by atoms with Gasteiger partial charge in [0.05, 0.1) is 11.6 Å². The van der Waals surface area contributed by atoms with Gasteiger partial charge in [0, 0.05) is 18.2 Å². The van der Waals surface area contributed by atoms with Crippen molar-refractivity contribution < 1.29 is 17.7 Å². The van der Waals surface area contributed by atoms with E-state index in [2.05, 4.69) is 10.5 Å². The number of nitrogens with zero attached hydrogens (tertiary/aromatic N) is 1. The van der Waals surface area contributed by atoms with Gasteiger partial charge in [0.15, 0.2) is 0 Å². The predicted octanol–water partition coefficient (Wildman–Crippen LogP) is 3.50. The average Bonchev–Trinajstić information content (AvgIpc) is 2.66. The molecule has 1 aromatic heterocycles. The van der Waals surface area contributed by atoms with Crippen LogP contribution in [0, 0.1) is 19.8 Å². The molecule has 0 saturated heterocycles. The first-order valence-electron chi connectivity index (χ1n) is 6.59. The standard InChI is InChI=1S/C13H19F3N2O/c1-8-12(9(2)19-18-8)7-17-11-5-3-4-10(6-11)13(14,15)16/h10-11,17H,3-7H2,1-2H3. The van der Waals surface area contributed by atoms with Crippen molar-refractivity contribution in [1.82, 2.24) is 10.5 Å². The minimum absolute atomic E-state index is 0.0749. The Kier molecular flexibility index (Phi) is 4.18. The van der Waals surface area contributed by atoms with Crippen LogP contribution >= 0.6 is 0 Å². The summed E-state index contributed by atoms with van der Waals surface area (Å²) in [7, 11) is 0. The lowest BCUT2D eigenvalue weighted by atomic mass is 9.85. The highest BCUT2D eigenvalue weighted by Gasteiger charge is 2.42. The molecule has 1 aliphatic carbocycles. The molecule has 1 saturated carbocycles. The molecule has 0 aliphatic heterocycles. The van der Waals surface area contributed by atoms with Gasteiger partial charge in [-0.3, -0.25) is 0 Å². The van der Waals surface area contributed by atoms with E-state index >= 15 is 0 Å². The highest BCUT2D eigenvalue weighted by Crippen LogP contribution is 2.37. The molecule has 1 aromatic rings. The quantitative estimate of drug-likeness (QED) is 0.918. The number of aryl methyl sites for hydroxylation is 2. The van der Waals surface area contributed by atoms with Crippen LogP contribution in [0.15, 0.2) is 4.52 Å². The van der Waals surface area contributed by atoms with Crippen LogP contribution in [0.3, 0.4) is 0 Å². The van der Waals surface area contributed by atoms with Crippen LogP contribution in [-0.2, 0) is 6.54 Å². The van der Waals surface area contributed by atoms with Gasteiger partial charge < -0.3 is 9.84 Å². The van der Waals surface area contributed by atoms with Crippen molar-refractivity contribution in [2.24, 2.45) is 5.92 Å². The largest absolute Gasteiger partial charge is 0.391 e. The van der Waals surface area contributed by atoms with Gasteiger partial charge in [-0.15, -0.1) is 0 Å². The molecule has 108 valence electrons. The van der Waals surface area contributed by atoms with E-state index in [0.717, 1.165) is 23.4 Å². The third kappa shape index (κ3) is 3.49. The summed E-state index contributed by atoms with van der Waals surface area (Å²) in [6.45, 7) is 4.18. The van der Waals surface area contributed by atoms with Crippen molar-refractivity contribution in [1.29, 1.82) is 0 Å². The summed E-state index contributed by atoms with van der Waals surface area (Å²) in [6.07, 6.45) is -2.21. The number of hydrogen-bond donors (Lipinski definition) is 1. The molecule has 3 nitrogen and oxygen atoms in total. The van der Waals surface area contributed by atoms with Crippen molar-refractivity contribution in [2.75, 3.05) is 0 Å². The Bertz CT molecular complexity index is 409. The summed E-state index contributed by atoms with van der Waals surface area (Å²) in [4.78, 5) is 0. The Hall–Kier alpha value is -1.04. The van der Waals surface area contributed by atoms with Gasteiger partial charge in [0.1, 0.15) is 5.76 Å². The Labute approximate surface area is 110 Å². The van der Waals surface area contributed by atoms with E-state index in [1.54, 1.807) is 0 Å². The number of aromatic nitrogens is 1. The lowest BCUT2D eigenvalue weighted by Crippen LogP contribution is -2.38. The van der Waals surface area contributed by atoms with Crippen LogP contribution in [0.5, 0.6) is 0 Å². The molecule has 0 amide bonds. The van der Waals surface area contributed by atoms with Crippen molar-refractivity contribution in [3.8, 4) is 0 Å². The highest BCUT2D eigenvalue weighted by atomic mass is 19.4. The zero-order valence-electron chi connectivity index (χ0n) is 11.2. The summed E-state index contributed by atoms with van der Waals surface area (Å²) in [5, 5.41) is 7.05. The van der Waals surface area contributed by atoms with Gasteiger partial charge in [-0.1, -0.05) is 11.6 Å². The smallest absolute Gasteiger partial charge is 0.361 e. The lowest BCUT2D eigenvalue weighted by Gasteiger charge is -2.31. The van der Waals surface area contributed by atoms with Gasteiger partial charge in [0.2, 0.25) is 0 Å². The molecule has 6 heteroatoms. The van der Waals surface area contributed by atoms with Crippen LogP contribution in [-0.4, -0.2) is 17.4 Å². The van der Waals surface area contributed by atoms with Crippen molar-refractivity contribution in [3.63, 3.8) is 0 Å². The fourth-order valence-electron chi connectivity index (χ4n) is 2.67. The van der Waals surface area contributed by atoms with Gasteiger partial charge in [0.25, 0.3) is 0 Å². The average molecular weight is 276 g/mol. The maximum absolute atomic E-state index is 12.7. The first-order chi connectivity index (χ1) is 8.88. The Balaban J connectivity index is 1.90. The monoisotopic (exact) mass is 276 g/mol. The predicted molar refractivity (Wildman–Crippen MR) is 64.6 cm³/mol. The zero-order chi connectivity index (χ0) is 14.0.